The molecule has 0 saturated heterocycles. The van der Waals surface area contributed by atoms with Gasteiger partial charge >= 0.3 is 237 Å². The molecular formula is C36H38Cl2F2SiZr. The van der Waals surface area contributed by atoms with Gasteiger partial charge < -0.3 is 24.8 Å². The van der Waals surface area contributed by atoms with Gasteiger partial charge in [-0.1, -0.05) is 0 Å². The van der Waals surface area contributed by atoms with Crippen LogP contribution in [0.4, 0.5) is 8.78 Å². The first-order valence-electron chi connectivity index (χ1n) is 13.8. The van der Waals surface area contributed by atoms with E-state index >= 15 is 0 Å². The van der Waals surface area contributed by atoms with Crippen LogP contribution in [-0.2, 0) is 20.3 Å². The Morgan fingerprint density at radius 3 is 1.33 bits per heavy atom. The molecule has 0 aliphatic heterocycles. The largest absolute Gasteiger partial charge is 1.00 e. The van der Waals surface area contributed by atoms with Crippen molar-refractivity contribution in [1.29, 1.82) is 0 Å². The molecule has 0 fully saturated rings. The van der Waals surface area contributed by atoms with E-state index in [9.17, 15) is 8.78 Å². The minimum atomic E-state index is -3.10. The summed E-state index contributed by atoms with van der Waals surface area (Å²) < 4.78 is 35.8. The molecular weight excluding hydrogens is 661 g/mol. The van der Waals surface area contributed by atoms with Crippen molar-refractivity contribution in [1.82, 2.24) is 0 Å². The third-order valence-electron chi connectivity index (χ3n) is 8.99. The monoisotopic (exact) mass is 696 g/mol. The number of halogens is 4. The topological polar surface area (TPSA) is 0 Å². The fraction of sp³-hybridized carbons (Fsp3) is 0.222. The summed E-state index contributed by atoms with van der Waals surface area (Å²) in [7, 11) is 0. The fourth-order valence-electron chi connectivity index (χ4n) is 7.59. The molecule has 0 nitrogen and oxygen atoms in total. The Morgan fingerprint density at radius 2 is 0.952 bits per heavy atom. The standard InChI is InChI=1S/2C17H14F.2CH3.2ClH.H4Si.Zr/c2*1-12-10-13-6-2-3-7-14(16(13)11-12)15-8-4-5-9-17(15)18;;;;;;/h2*2-11,14H,1H3;2*1H3;2*1H;1H4;/q;;;;;;;+2/p-2. The molecule has 4 unspecified atom stereocenters. The van der Waals surface area contributed by atoms with Crippen molar-refractivity contribution in [2.75, 3.05) is 0 Å². The van der Waals surface area contributed by atoms with Crippen molar-refractivity contribution in [2.45, 2.75) is 42.2 Å². The zero-order valence-corrected chi connectivity index (χ0v) is 27.7. The van der Waals surface area contributed by atoms with Crippen LogP contribution in [0, 0.1) is 11.6 Å². The second-order valence-corrected chi connectivity index (χ2v) is 23.6. The third kappa shape index (κ3) is 5.85. The van der Waals surface area contributed by atoms with Crippen molar-refractivity contribution < 1.29 is 53.9 Å². The van der Waals surface area contributed by atoms with E-state index in [0.717, 1.165) is 11.1 Å². The Bertz CT molecular complexity index is 1490. The molecule has 0 spiro atoms. The number of rotatable bonds is 4. The van der Waals surface area contributed by atoms with E-state index in [4.69, 9.17) is 0 Å². The second-order valence-electron chi connectivity index (χ2n) is 11.8. The average molecular weight is 699 g/mol. The maximum absolute atomic E-state index is 15.0. The van der Waals surface area contributed by atoms with Crippen LogP contribution in [0.1, 0.15) is 36.8 Å². The fourth-order valence-corrected chi connectivity index (χ4v) is 19.8. The van der Waals surface area contributed by atoms with Gasteiger partial charge in [0.2, 0.25) is 0 Å². The summed E-state index contributed by atoms with van der Waals surface area (Å²) in [5.41, 5.74) is 9.42. The van der Waals surface area contributed by atoms with Crippen molar-refractivity contribution >= 4 is 11.0 Å². The normalized spacial score (nSPS) is 23.7. The Kier molecular flexibility index (Phi) is 11.2. The minimum Gasteiger partial charge on any atom is -1.00 e. The SMILES string of the molecule is CC1=CC2=C(C=CC=CC2c2ccccc2F)[CH]1[Zr+2]([CH3])([CH3])[CH]1C(C)=CC2=C1C=CC=CC2c1ccccc1F.[Cl-].[Cl-].[SiH4]. The molecule has 218 valence electrons. The van der Waals surface area contributed by atoms with E-state index in [-0.39, 0.29) is 59.2 Å². The summed E-state index contributed by atoms with van der Waals surface area (Å²) in [6, 6.07) is 14.3. The van der Waals surface area contributed by atoms with Crippen molar-refractivity contribution in [3.8, 4) is 0 Å². The van der Waals surface area contributed by atoms with Crippen molar-refractivity contribution in [2.24, 2.45) is 0 Å². The van der Waals surface area contributed by atoms with Gasteiger partial charge in [0.1, 0.15) is 0 Å². The molecule has 0 aromatic heterocycles. The number of benzene rings is 2. The van der Waals surface area contributed by atoms with Gasteiger partial charge in [-0.25, -0.2) is 0 Å². The molecule has 42 heavy (non-hydrogen) atoms. The molecule has 4 aliphatic carbocycles. The molecule has 2 aromatic rings. The van der Waals surface area contributed by atoms with E-state index < -0.39 is 20.3 Å². The van der Waals surface area contributed by atoms with Crippen LogP contribution in [0.5, 0.6) is 0 Å². The molecule has 0 radical (unpaired) electrons. The Balaban J connectivity index is 0.00000161. The van der Waals surface area contributed by atoms with Gasteiger partial charge in [-0.3, -0.25) is 0 Å². The molecule has 0 bridgehead atoms. The summed E-state index contributed by atoms with van der Waals surface area (Å²) >= 11 is -3.10. The van der Waals surface area contributed by atoms with E-state index in [1.807, 2.05) is 24.3 Å². The maximum atomic E-state index is 15.0. The first-order chi connectivity index (χ1) is 18.8. The second kappa shape index (κ2) is 13.7. The first kappa shape index (κ1) is 34.4. The van der Waals surface area contributed by atoms with Gasteiger partial charge in [0.05, 0.1) is 0 Å². The summed E-state index contributed by atoms with van der Waals surface area (Å²) in [5, 5.41) is 0. The molecule has 0 heterocycles. The Morgan fingerprint density at radius 1 is 0.571 bits per heavy atom. The number of hydrogen-bond donors (Lipinski definition) is 0. The van der Waals surface area contributed by atoms with Gasteiger partial charge in [0.25, 0.3) is 0 Å². The van der Waals surface area contributed by atoms with Crippen LogP contribution < -0.4 is 24.8 Å². The average Bonchev–Trinajstić information content (AvgIpc) is 3.24. The first-order valence-corrected chi connectivity index (χ1v) is 21.6. The van der Waals surface area contributed by atoms with Gasteiger partial charge in [-0.05, 0) is 11.0 Å². The van der Waals surface area contributed by atoms with E-state index in [1.165, 1.54) is 33.4 Å². The summed E-state index contributed by atoms with van der Waals surface area (Å²) in [6.45, 7) is 4.54. The molecule has 0 amide bonds. The van der Waals surface area contributed by atoms with E-state index in [1.54, 1.807) is 24.3 Å². The molecule has 2 aromatic carbocycles. The Labute approximate surface area is 270 Å². The van der Waals surface area contributed by atoms with E-state index in [2.05, 4.69) is 83.9 Å². The Hall–Kier alpha value is -2.10. The zero-order valence-electron chi connectivity index (χ0n) is 23.7. The van der Waals surface area contributed by atoms with Gasteiger partial charge in [-0.2, -0.15) is 0 Å². The quantitative estimate of drug-likeness (QED) is 0.432. The van der Waals surface area contributed by atoms with E-state index in [0.29, 0.717) is 7.25 Å². The van der Waals surface area contributed by atoms with Crippen LogP contribution in [0.25, 0.3) is 0 Å². The smallest absolute Gasteiger partial charge is 0.0149 e. The predicted octanol–water partition coefficient (Wildman–Crippen LogP) is 2.98. The zero-order chi connectivity index (χ0) is 27.3. The van der Waals surface area contributed by atoms with Gasteiger partial charge in [0, 0.05) is 0 Å². The van der Waals surface area contributed by atoms with Gasteiger partial charge in [0.15, 0.2) is 0 Å². The van der Waals surface area contributed by atoms with Crippen LogP contribution >= 0.6 is 0 Å². The van der Waals surface area contributed by atoms with Crippen LogP contribution in [0.2, 0.25) is 16.5 Å². The van der Waals surface area contributed by atoms with Crippen LogP contribution in [0.3, 0.4) is 0 Å². The minimum absolute atomic E-state index is 0. The van der Waals surface area contributed by atoms with Gasteiger partial charge in [-0.15, -0.1) is 0 Å². The molecule has 0 N–H and O–H groups in total. The molecule has 4 aliphatic rings. The summed E-state index contributed by atoms with van der Waals surface area (Å²) in [5.74, 6) is -0.503. The predicted molar refractivity (Wildman–Crippen MR) is 167 cm³/mol. The maximum Gasteiger partial charge on any atom is -0.0149 e. The molecule has 6 heteroatoms. The summed E-state index contributed by atoms with van der Waals surface area (Å²) in [6.07, 6.45) is 21.9. The van der Waals surface area contributed by atoms with Crippen LogP contribution in [0.15, 0.2) is 143 Å². The van der Waals surface area contributed by atoms with Crippen molar-refractivity contribution in [3.05, 3.63) is 165 Å². The van der Waals surface area contributed by atoms with Crippen LogP contribution in [-0.4, -0.2) is 11.0 Å². The van der Waals surface area contributed by atoms with Crippen molar-refractivity contribution in [3.63, 3.8) is 0 Å². The number of allylic oxidation sites excluding steroid dienone is 16. The third-order valence-corrected chi connectivity index (χ3v) is 20.1. The molecule has 4 atom stereocenters. The summed E-state index contributed by atoms with van der Waals surface area (Å²) in [4.78, 5) is 0. The molecule has 0 saturated carbocycles. The number of hydrogen-bond acceptors (Lipinski definition) is 0. The molecule has 6 rings (SSSR count).